The molecule has 0 aliphatic carbocycles. The molecule has 0 saturated heterocycles. The van der Waals surface area contributed by atoms with Crippen LogP contribution in [0.2, 0.25) is 0 Å². The summed E-state index contributed by atoms with van der Waals surface area (Å²) in [6.45, 7) is 6.31. The van der Waals surface area contributed by atoms with Crippen LogP contribution in [-0.4, -0.2) is 39.4 Å². The van der Waals surface area contributed by atoms with E-state index in [1.54, 1.807) is 25.4 Å². The van der Waals surface area contributed by atoms with Gasteiger partial charge in [-0.25, -0.2) is 9.78 Å². The van der Waals surface area contributed by atoms with Gasteiger partial charge in [0.2, 0.25) is 11.8 Å². The summed E-state index contributed by atoms with van der Waals surface area (Å²) in [4.78, 5) is 16.2. The van der Waals surface area contributed by atoms with Gasteiger partial charge < -0.3 is 24.9 Å². The van der Waals surface area contributed by atoms with Crippen LogP contribution in [0.4, 0.5) is 11.5 Å². The summed E-state index contributed by atoms with van der Waals surface area (Å²) in [7, 11) is 1.60. The average Bonchev–Trinajstić information content (AvgIpc) is 3.33. The van der Waals surface area contributed by atoms with E-state index in [-0.39, 0.29) is 0 Å². The number of anilines is 2. The standard InChI is InChI=1S/C27H29N5O4/c1-16-11-17(2)25(18(3)12-16)30-22(27(33)34)13-19-5-7-20(8-6-19)26-32-31-24(36-26)15-29-23-14-21(35-4)9-10-28-23/h5-12,14,22,30H,13,15H2,1-4H3,(H,28,29)(H,33,34). The highest BCUT2D eigenvalue weighted by Gasteiger charge is 2.20. The lowest BCUT2D eigenvalue weighted by atomic mass is 10.0. The van der Waals surface area contributed by atoms with Crippen molar-refractivity contribution < 1.29 is 19.1 Å². The number of aliphatic carboxylic acids is 1. The Morgan fingerprint density at radius 3 is 2.44 bits per heavy atom. The van der Waals surface area contributed by atoms with Crippen LogP contribution in [0.25, 0.3) is 11.5 Å². The summed E-state index contributed by atoms with van der Waals surface area (Å²) < 4.78 is 11.0. The maximum Gasteiger partial charge on any atom is 0.326 e. The lowest BCUT2D eigenvalue weighted by molar-refractivity contribution is -0.137. The molecule has 0 fully saturated rings. The van der Waals surface area contributed by atoms with E-state index >= 15 is 0 Å². The maximum atomic E-state index is 12.0. The van der Waals surface area contributed by atoms with Crippen molar-refractivity contribution in [3.63, 3.8) is 0 Å². The maximum absolute atomic E-state index is 12.0. The number of rotatable bonds is 10. The molecule has 2 aromatic carbocycles. The third-order valence-corrected chi connectivity index (χ3v) is 5.79. The number of aromatic nitrogens is 3. The van der Waals surface area contributed by atoms with Gasteiger partial charge in [-0.2, -0.15) is 0 Å². The Bertz CT molecular complexity index is 1330. The topological polar surface area (TPSA) is 122 Å². The van der Waals surface area contributed by atoms with Crippen LogP contribution in [-0.2, 0) is 17.8 Å². The third-order valence-electron chi connectivity index (χ3n) is 5.79. The minimum atomic E-state index is -0.905. The number of carboxylic acid groups (broad SMARTS) is 1. The fourth-order valence-corrected chi connectivity index (χ4v) is 4.04. The average molecular weight is 488 g/mol. The van der Waals surface area contributed by atoms with Crippen LogP contribution in [0.15, 0.2) is 59.1 Å². The molecule has 9 heteroatoms. The fraction of sp³-hybridized carbons (Fsp3) is 0.259. The summed E-state index contributed by atoms with van der Waals surface area (Å²) in [6.07, 6.45) is 1.98. The number of carbonyl (C=O) groups is 1. The van der Waals surface area contributed by atoms with Crippen molar-refractivity contribution in [2.75, 3.05) is 17.7 Å². The molecule has 9 nitrogen and oxygen atoms in total. The number of nitrogens with zero attached hydrogens (tertiary/aromatic N) is 3. The second-order valence-electron chi connectivity index (χ2n) is 8.65. The predicted octanol–water partition coefficient (Wildman–Crippen LogP) is 4.79. The minimum absolute atomic E-state index is 0.315. The first-order chi connectivity index (χ1) is 17.3. The Kier molecular flexibility index (Phi) is 7.48. The third kappa shape index (κ3) is 5.99. The fourth-order valence-electron chi connectivity index (χ4n) is 4.04. The van der Waals surface area contributed by atoms with Gasteiger partial charge in [0.15, 0.2) is 0 Å². The lowest BCUT2D eigenvalue weighted by Crippen LogP contribution is -2.32. The molecule has 4 aromatic rings. The van der Waals surface area contributed by atoms with E-state index in [0.29, 0.717) is 36.3 Å². The first-order valence-electron chi connectivity index (χ1n) is 11.5. The molecular formula is C27H29N5O4. The van der Waals surface area contributed by atoms with Crippen LogP contribution in [0.5, 0.6) is 5.75 Å². The van der Waals surface area contributed by atoms with E-state index in [2.05, 4.69) is 25.8 Å². The van der Waals surface area contributed by atoms with Gasteiger partial charge in [-0.1, -0.05) is 29.8 Å². The molecule has 2 heterocycles. The van der Waals surface area contributed by atoms with Crippen molar-refractivity contribution >= 4 is 17.5 Å². The summed E-state index contributed by atoms with van der Waals surface area (Å²) in [5.41, 5.74) is 5.69. The Morgan fingerprint density at radius 2 is 1.78 bits per heavy atom. The second kappa shape index (κ2) is 10.9. The molecule has 36 heavy (non-hydrogen) atoms. The molecular weight excluding hydrogens is 458 g/mol. The van der Waals surface area contributed by atoms with Gasteiger partial charge in [-0.3, -0.25) is 0 Å². The second-order valence-corrected chi connectivity index (χ2v) is 8.65. The van der Waals surface area contributed by atoms with Crippen LogP contribution in [0, 0.1) is 20.8 Å². The van der Waals surface area contributed by atoms with E-state index in [9.17, 15) is 9.90 Å². The summed E-state index contributed by atoms with van der Waals surface area (Å²) in [6, 6.07) is 14.3. The summed E-state index contributed by atoms with van der Waals surface area (Å²) in [5, 5.41) is 24.4. The number of pyridine rings is 1. The van der Waals surface area contributed by atoms with Crippen LogP contribution in [0.1, 0.15) is 28.1 Å². The van der Waals surface area contributed by atoms with Crippen molar-refractivity contribution in [1.82, 2.24) is 15.2 Å². The summed E-state index contributed by atoms with van der Waals surface area (Å²) >= 11 is 0. The number of carboxylic acids is 1. The number of hydrogen-bond donors (Lipinski definition) is 3. The number of nitrogens with one attached hydrogen (secondary N) is 2. The molecule has 4 rings (SSSR count). The molecule has 186 valence electrons. The zero-order chi connectivity index (χ0) is 25.7. The molecule has 1 atom stereocenters. The highest BCUT2D eigenvalue weighted by molar-refractivity contribution is 5.79. The highest BCUT2D eigenvalue weighted by Crippen LogP contribution is 2.24. The normalized spacial score (nSPS) is 11.7. The van der Waals surface area contributed by atoms with Crippen molar-refractivity contribution in [3.8, 4) is 17.2 Å². The molecule has 2 aromatic heterocycles. The van der Waals surface area contributed by atoms with Crippen LogP contribution >= 0.6 is 0 Å². The SMILES string of the molecule is COc1ccnc(NCc2nnc(-c3ccc(CC(Nc4c(C)cc(C)cc4C)C(=O)O)cc3)o2)c1. The molecule has 0 spiro atoms. The van der Waals surface area contributed by atoms with E-state index < -0.39 is 12.0 Å². The number of methoxy groups -OCH3 is 1. The molecule has 0 aliphatic rings. The number of ether oxygens (including phenoxy) is 1. The Balaban J connectivity index is 1.40. The minimum Gasteiger partial charge on any atom is -0.497 e. The molecule has 0 radical (unpaired) electrons. The van der Waals surface area contributed by atoms with Crippen molar-refractivity contribution in [2.24, 2.45) is 0 Å². The van der Waals surface area contributed by atoms with Gasteiger partial charge in [0.1, 0.15) is 17.6 Å². The van der Waals surface area contributed by atoms with Crippen LogP contribution < -0.4 is 15.4 Å². The van der Waals surface area contributed by atoms with Gasteiger partial charge in [-0.05, 0) is 55.7 Å². The zero-order valence-corrected chi connectivity index (χ0v) is 20.7. The zero-order valence-electron chi connectivity index (χ0n) is 20.7. The molecule has 0 aliphatic heterocycles. The first kappa shape index (κ1) is 24.7. The van der Waals surface area contributed by atoms with Gasteiger partial charge >= 0.3 is 5.97 Å². The van der Waals surface area contributed by atoms with E-state index in [0.717, 1.165) is 33.5 Å². The first-order valence-corrected chi connectivity index (χ1v) is 11.5. The van der Waals surface area contributed by atoms with Crippen molar-refractivity contribution in [1.29, 1.82) is 0 Å². The number of aryl methyl sites for hydroxylation is 3. The molecule has 0 amide bonds. The Hall–Kier alpha value is -4.40. The number of hydrogen-bond acceptors (Lipinski definition) is 8. The van der Waals surface area contributed by atoms with Crippen molar-refractivity contribution in [2.45, 2.75) is 39.8 Å². The van der Waals surface area contributed by atoms with E-state index in [1.165, 1.54) is 0 Å². The molecule has 1 unspecified atom stereocenters. The summed E-state index contributed by atoms with van der Waals surface area (Å²) in [5.74, 6) is 1.23. The van der Waals surface area contributed by atoms with Gasteiger partial charge in [0, 0.05) is 29.9 Å². The van der Waals surface area contributed by atoms with Crippen molar-refractivity contribution in [3.05, 3.63) is 82.9 Å². The predicted molar refractivity (Wildman–Crippen MR) is 137 cm³/mol. The molecule has 0 bridgehead atoms. The smallest absolute Gasteiger partial charge is 0.326 e. The Labute approximate surface area is 209 Å². The molecule has 3 N–H and O–H groups in total. The van der Waals surface area contributed by atoms with E-state index in [4.69, 9.17) is 9.15 Å². The van der Waals surface area contributed by atoms with Gasteiger partial charge in [0.25, 0.3) is 0 Å². The van der Waals surface area contributed by atoms with Crippen LogP contribution in [0.3, 0.4) is 0 Å². The monoisotopic (exact) mass is 487 g/mol. The molecule has 0 saturated carbocycles. The number of benzene rings is 2. The largest absolute Gasteiger partial charge is 0.497 e. The van der Waals surface area contributed by atoms with Gasteiger partial charge in [0.05, 0.1) is 13.7 Å². The Morgan fingerprint density at radius 1 is 1.06 bits per heavy atom. The quantitative estimate of drug-likeness (QED) is 0.290. The lowest BCUT2D eigenvalue weighted by Gasteiger charge is -2.20. The highest BCUT2D eigenvalue weighted by atomic mass is 16.5. The van der Waals surface area contributed by atoms with Gasteiger partial charge in [-0.15, -0.1) is 10.2 Å². The van der Waals surface area contributed by atoms with E-state index in [1.807, 2.05) is 57.2 Å².